The van der Waals surface area contributed by atoms with Gasteiger partial charge in [0.05, 0.1) is 16.4 Å². The molecular weight excluding hydrogens is 422 g/mol. The Bertz CT molecular complexity index is 1240. The van der Waals surface area contributed by atoms with Crippen LogP contribution >= 0.6 is 0 Å². The molecule has 3 rings (SSSR count). The van der Waals surface area contributed by atoms with Crippen LogP contribution in [0.4, 0.5) is 11.4 Å². The summed E-state index contributed by atoms with van der Waals surface area (Å²) in [5.41, 5.74) is 0.693. The van der Waals surface area contributed by atoms with Crippen LogP contribution in [-0.4, -0.2) is 40.7 Å². The fourth-order valence-corrected chi connectivity index (χ4v) is 3.98. The molecule has 162 valence electrons. The van der Waals surface area contributed by atoms with Gasteiger partial charge in [0.15, 0.2) is 0 Å². The van der Waals surface area contributed by atoms with E-state index in [1.807, 2.05) is 11.6 Å². The van der Waals surface area contributed by atoms with Gasteiger partial charge >= 0.3 is 0 Å². The van der Waals surface area contributed by atoms with Crippen molar-refractivity contribution >= 4 is 27.3 Å². The van der Waals surface area contributed by atoms with Crippen LogP contribution in [0.2, 0.25) is 0 Å². The summed E-state index contributed by atoms with van der Waals surface area (Å²) in [7, 11) is -0.547. The summed E-state index contributed by atoms with van der Waals surface area (Å²) in [4.78, 5) is 28.5. The number of nitro groups is 1. The Morgan fingerprint density at radius 1 is 1.23 bits per heavy atom. The van der Waals surface area contributed by atoms with Crippen LogP contribution in [0.5, 0.6) is 0 Å². The van der Waals surface area contributed by atoms with Crippen LogP contribution < -0.4 is 4.72 Å². The lowest BCUT2D eigenvalue weighted by Crippen LogP contribution is -2.27. The quantitative estimate of drug-likeness (QED) is 0.442. The number of anilines is 1. The third-order valence-corrected chi connectivity index (χ3v) is 6.10. The summed E-state index contributed by atoms with van der Waals surface area (Å²) >= 11 is 0. The van der Waals surface area contributed by atoms with E-state index in [0.29, 0.717) is 17.7 Å². The molecule has 0 saturated heterocycles. The normalized spacial score (nSPS) is 11.2. The van der Waals surface area contributed by atoms with Gasteiger partial charge in [0, 0.05) is 49.4 Å². The molecule has 0 unspecified atom stereocenters. The Hall–Kier alpha value is -3.73. The van der Waals surface area contributed by atoms with Crippen molar-refractivity contribution in [1.29, 1.82) is 0 Å². The summed E-state index contributed by atoms with van der Waals surface area (Å²) < 4.78 is 29.4. The van der Waals surface area contributed by atoms with Gasteiger partial charge in [0.1, 0.15) is 5.82 Å². The lowest BCUT2D eigenvalue weighted by molar-refractivity contribution is -0.385. The zero-order valence-corrected chi connectivity index (χ0v) is 18.0. The SMILES string of the molecule is Cc1ccc(S(=O)(=O)Nc2ccc(C(=O)N(C)Cc3nccn3C)cc2)cc1[N+](=O)[O-]. The van der Waals surface area contributed by atoms with E-state index in [0.717, 1.165) is 11.9 Å². The van der Waals surface area contributed by atoms with Gasteiger partial charge in [0.25, 0.3) is 21.6 Å². The number of nitrogens with zero attached hydrogens (tertiary/aromatic N) is 4. The molecule has 0 radical (unpaired) electrons. The molecule has 10 nitrogen and oxygen atoms in total. The van der Waals surface area contributed by atoms with Crippen molar-refractivity contribution in [2.24, 2.45) is 7.05 Å². The highest BCUT2D eigenvalue weighted by atomic mass is 32.2. The van der Waals surface area contributed by atoms with Gasteiger partial charge in [-0.2, -0.15) is 0 Å². The van der Waals surface area contributed by atoms with E-state index in [-0.39, 0.29) is 22.2 Å². The first-order chi connectivity index (χ1) is 14.6. The molecule has 0 aliphatic carbocycles. The van der Waals surface area contributed by atoms with Gasteiger partial charge in [-0.25, -0.2) is 13.4 Å². The molecule has 0 bridgehead atoms. The molecule has 0 aliphatic heterocycles. The summed E-state index contributed by atoms with van der Waals surface area (Å²) in [6, 6.07) is 9.63. The van der Waals surface area contributed by atoms with Crippen molar-refractivity contribution in [3.05, 3.63) is 81.9 Å². The lowest BCUT2D eigenvalue weighted by Gasteiger charge is -2.17. The number of imidazole rings is 1. The second kappa shape index (κ2) is 8.56. The van der Waals surface area contributed by atoms with Crippen molar-refractivity contribution in [2.75, 3.05) is 11.8 Å². The van der Waals surface area contributed by atoms with Gasteiger partial charge in [-0.1, -0.05) is 6.07 Å². The molecule has 1 N–H and O–H groups in total. The molecule has 1 amide bonds. The highest BCUT2D eigenvalue weighted by Crippen LogP contribution is 2.24. The predicted molar refractivity (Wildman–Crippen MR) is 114 cm³/mol. The number of rotatable bonds is 7. The number of sulfonamides is 1. The van der Waals surface area contributed by atoms with E-state index in [9.17, 15) is 23.3 Å². The van der Waals surface area contributed by atoms with Crippen molar-refractivity contribution in [1.82, 2.24) is 14.5 Å². The van der Waals surface area contributed by atoms with Gasteiger partial charge in [-0.15, -0.1) is 0 Å². The summed E-state index contributed by atoms with van der Waals surface area (Å²) in [5.74, 6) is 0.485. The first-order valence-corrected chi connectivity index (χ1v) is 10.7. The van der Waals surface area contributed by atoms with Crippen LogP contribution in [0.3, 0.4) is 0 Å². The fraction of sp³-hybridized carbons (Fsp3) is 0.200. The fourth-order valence-electron chi connectivity index (χ4n) is 2.90. The first kappa shape index (κ1) is 22.0. The van der Waals surface area contributed by atoms with E-state index in [2.05, 4.69) is 9.71 Å². The maximum absolute atomic E-state index is 12.6. The van der Waals surface area contributed by atoms with E-state index in [1.165, 1.54) is 48.2 Å². The number of hydrogen-bond donors (Lipinski definition) is 1. The molecular formula is C20H21N5O5S. The van der Waals surface area contributed by atoms with E-state index >= 15 is 0 Å². The van der Waals surface area contributed by atoms with Crippen LogP contribution in [0, 0.1) is 17.0 Å². The minimum atomic E-state index is -4.04. The van der Waals surface area contributed by atoms with Crippen molar-refractivity contribution in [3.8, 4) is 0 Å². The zero-order chi connectivity index (χ0) is 22.8. The Morgan fingerprint density at radius 2 is 1.90 bits per heavy atom. The number of hydrogen-bond acceptors (Lipinski definition) is 6. The Kier molecular flexibility index (Phi) is 6.07. The number of aromatic nitrogens is 2. The monoisotopic (exact) mass is 443 g/mol. The van der Waals surface area contributed by atoms with E-state index < -0.39 is 14.9 Å². The maximum Gasteiger partial charge on any atom is 0.273 e. The molecule has 0 atom stereocenters. The number of nitro benzene ring substituents is 1. The summed E-state index contributed by atoms with van der Waals surface area (Å²) in [6.07, 6.45) is 3.44. The molecule has 0 saturated carbocycles. The molecule has 3 aromatic rings. The second-order valence-corrected chi connectivity index (χ2v) is 8.69. The number of carbonyl (C=O) groups excluding carboxylic acids is 1. The van der Waals surface area contributed by atoms with Gasteiger partial charge in [-0.3, -0.25) is 19.6 Å². The van der Waals surface area contributed by atoms with E-state index in [4.69, 9.17) is 0 Å². The topological polar surface area (TPSA) is 127 Å². The minimum Gasteiger partial charge on any atom is -0.337 e. The smallest absolute Gasteiger partial charge is 0.273 e. The second-order valence-electron chi connectivity index (χ2n) is 7.00. The number of amides is 1. The average Bonchev–Trinajstić information content (AvgIpc) is 3.12. The number of benzene rings is 2. The predicted octanol–water partition coefficient (Wildman–Crippen LogP) is 2.71. The highest BCUT2D eigenvalue weighted by molar-refractivity contribution is 7.92. The third-order valence-electron chi connectivity index (χ3n) is 4.72. The highest BCUT2D eigenvalue weighted by Gasteiger charge is 2.20. The van der Waals surface area contributed by atoms with Crippen molar-refractivity contribution < 1.29 is 18.1 Å². The number of carbonyl (C=O) groups is 1. The van der Waals surface area contributed by atoms with E-state index in [1.54, 1.807) is 19.4 Å². The van der Waals surface area contributed by atoms with Gasteiger partial charge < -0.3 is 9.47 Å². The molecule has 31 heavy (non-hydrogen) atoms. The van der Waals surface area contributed by atoms with Crippen LogP contribution in [-0.2, 0) is 23.6 Å². The minimum absolute atomic E-state index is 0.222. The number of nitrogens with one attached hydrogen (secondary N) is 1. The van der Waals surface area contributed by atoms with Gasteiger partial charge in [0.2, 0.25) is 0 Å². The Labute approximate surface area is 179 Å². The largest absolute Gasteiger partial charge is 0.337 e. The summed E-state index contributed by atoms with van der Waals surface area (Å²) in [5, 5.41) is 11.1. The molecule has 0 spiro atoms. The van der Waals surface area contributed by atoms with Crippen LogP contribution in [0.25, 0.3) is 0 Å². The van der Waals surface area contributed by atoms with Crippen LogP contribution in [0.15, 0.2) is 59.8 Å². The Balaban J connectivity index is 1.74. The molecule has 1 aromatic heterocycles. The zero-order valence-electron chi connectivity index (χ0n) is 17.1. The molecule has 0 aliphatic rings. The maximum atomic E-state index is 12.6. The molecule has 11 heteroatoms. The lowest BCUT2D eigenvalue weighted by atomic mass is 10.2. The van der Waals surface area contributed by atoms with Gasteiger partial charge in [-0.05, 0) is 37.3 Å². The third kappa shape index (κ3) is 4.89. The number of aryl methyl sites for hydroxylation is 2. The summed E-state index contributed by atoms with van der Waals surface area (Å²) in [6.45, 7) is 1.85. The first-order valence-electron chi connectivity index (χ1n) is 9.18. The van der Waals surface area contributed by atoms with Crippen molar-refractivity contribution in [2.45, 2.75) is 18.4 Å². The average molecular weight is 443 g/mol. The molecule has 2 aromatic carbocycles. The molecule has 0 fully saturated rings. The molecule has 1 heterocycles. The van der Waals surface area contributed by atoms with Crippen molar-refractivity contribution in [3.63, 3.8) is 0 Å². The van der Waals surface area contributed by atoms with Crippen LogP contribution in [0.1, 0.15) is 21.7 Å². The Morgan fingerprint density at radius 3 is 2.48 bits per heavy atom. The standard InChI is InChI=1S/C20H21N5O5S/c1-14-4-9-17(12-18(14)25(27)28)31(29,30)22-16-7-5-15(6-8-16)20(26)24(3)13-19-21-10-11-23(19)2/h4-12,22H,13H2,1-3H3.